The second kappa shape index (κ2) is 7.84. The summed E-state index contributed by atoms with van der Waals surface area (Å²) in [6.45, 7) is 4.20. The van der Waals surface area contributed by atoms with E-state index in [4.69, 9.17) is 23.2 Å². The lowest BCUT2D eigenvalue weighted by atomic mass is 10.1. The fourth-order valence-electron chi connectivity index (χ4n) is 3.49. The minimum absolute atomic E-state index is 0.0158. The molecule has 6 nitrogen and oxygen atoms in total. The van der Waals surface area contributed by atoms with Crippen LogP contribution < -0.4 is 4.90 Å². The van der Waals surface area contributed by atoms with Crippen molar-refractivity contribution in [1.29, 1.82) is 0 Å². The van der Waals surface area contributed by atoms with E-state index in [-0.39, 0.29) is 17.7 Å². The molecule has 140 valence electrons. The normalized spacial score (nSPS) is 21.1. The first-order chi connectivity index (χ1) is 12.4. The van der Waals surface area contributed by atoms with Gasteiger partial charge in [0.2, 0.25) is 17.7 Å². The molecule has 0 bridgehead atoms. The second-order valence-corrected chi connectivity index (χ2v) is 7.43. The van der Waals surface area contributed by atoms with Gasteiger partial charge in [0.25, 0.3) is 0 Å². The number of hydrogen-bond donors (Lipinski definition) is 0. The Bertz CT molecular complexity index is 740. The number of halogens is 2. The summed E-state index contributed by atoms with van der Waals surface area (Å²) in [7, 11) is 0. The third kappa shape index (κ3) is 3.81. The zero-order chi connectivity index (χ0) is 18.8. The lowest BCUT2D eigenvalue weighted by Gasteiger charge is -2.24. The van der Waals surface area contributed by atoms with Crippen LogP contribution in [0.1, 0.15) is 19.8 Å². The van der Waals surface area contributed by atoms with E-state index in [1.165, 1.54) is 6.92 Å². The van der Waals surface area contributed by atoms with Gasteiger partial charge in [-0.1, -0.05) is 23.2 Å². The van der Waals surface area contributed by atoms with Crippen LogP contribution in [0.2, 0.25) is 10.0 Å². The predicted molar refractivity (Wildman–Crippen MR) is 100 cm³/mol. The second-order valence-electron chi connectivity index (χ2n) is 6.61. The Morgan fingerprint density at radius 1 is 1.00 bits per heavy atom. The van der Waals surface area contributed by atoms with E-state index in [0.29, 0.717) is 54.9 Å². The van der Waals surface area contributed by atoms with E-state index in [1.54, 1.807) is 32.9 Å². The van der Waals surface area contributed by atoms with Crippen molar-refractivity contribution in [3.05, 3.63) is 28.2 Å². The first-order valence-electron chi connectivity index (χ1n) is 8.69. The number of rotatable bonds is 2. The fourth-order valence-corrected chi connectivity index (χ4v) is 3.78. The highest BCUT2D eigenvalue weighted by atomic mass is 35.5. The van der Waals surface area contributed by atoms with Gasteiger partial charge < -0.3 is 14.7 Å². The molecule has 2 saturated heterocycles. The number of hydrogen-bond acceptors (Lipinski definition) is 3. The van der Waals surface area contributed by atoms with Crippen molar-refractivity contribution >= 4 is 46.6 Å². The Morgan fingerprint density at radius 2 is 1.69 bits per heavy atom. The first-order valence-corrected chi connectivity index (χ1v) is 9.45. The zero-order valence-corrected chi connectivity index (χ0v) is 16.1. The maximum Gasteiger partial charge on any atom is 0.239 e. The molecule has 3 rings (SSSR count). The predicted octanol–water partition coefficient (Wildman–Crippen LogP) is 2.43. The van der Waals surface area contributed by atoms with Gasteiger partial charge in [-0.3, -0.25) is 14.4 Å². The van der Waals surface area contributed by atoms with E-state index < -0.39 is 5.92 Å². The SMILES string of the molecule is CC(=O)N1CCCN(C(=O)C2CCN(c3ccc(Cl)c(Cl)c3)C2=O)CC1. The summed E-state index contributed by atoms with van der Waals surface area (Å²) < 4.78 is 0. The number of amides is 3. The van der Waals surface area contributed by atoms with Gasteiger partial charge in [0, 0.05) is 45.3 Å². The van der Waals surface area contributed by atoms with Crippen LogP contribution in [0.15, 0.2) is 18.2 Å². The summed E-state index contributed by atoms with van der Waals surface area (Å²) in [5, 5.41) is 0.804. The van der Waals surface area contributed by atoms with Gasteiger partial charge in [0.15, 0.2) is 0 Å². The van der Waals surface area contributed by atoms with Crippen molar-refractivity contribution < 1.29 is 14.4 Å². The lowest BCUT2D eigenvalue weighted by molar-refractivity contribution is -0.140. The smallest absolute Gasteiger partial charge is 0.239 e. The van der Waals surface area contributed by atoms with Crippen LogP contribution in [0, 0.1) is 5.92 Å². The summed E-state index contributed by atoms with van der Waals surface area (Å²) in [4.78, 5) is 42.2. The molecule has 1 aromatic rings. The van der Waals surface area contributed by atoms with Crippen LogP contribution in [-0.2, 0) is 14.4 Å². The monoisotopic (exact) mass is 397 g/mol. The molecule has 2 fully saturated rings. The Balaban J connectivity index is 1.68. The number of nitrogens with zero attached hydrogens (tertiary/aromatic N) is 3. The molecule has 8 heteroatoms. The Morgan fingerprint density at radius 3 is 2.38 bits per heavy atom. The number of carbonyl (C=O) groups excluding carboxylic acids is 3. The molecule has 1 unspecified atom stereocenters. The molecule has 2 aliphatic rings. The summed E-state index contributed by atoms with van der Waals surface area (Å²) in [5.74, 6) is -1.01. The molecule has 2 heterocycles. The molecule has 1 atom stereocenters. The topological polar surface area (TPSA) is 60.9 Å². The quantitative estimate of drug-likeness (QED) is 0.719. The molecule has 0 saturated carbocycles. The summed E-state index contributed by atoms with van der Waals surface area (Å²) >= 11 is 12.0. The Labute approximate surface area is 162 Å². The largest absolute Gasteiger partial charge is 0.341 e. The summed E-state index contributed by atoms with van der Waals surface area (Å²) in [5.41, 5.74) is 0.651. The standard InChI is InChI=1S/C18H21Cl2N3O3/c1-12(24)21-6-2-7-22(10-9-21)17(25)14-5-8-23(18(14)26)13-3-4-15(19)16(20)11-13/h3-4,11,14H,2,5-10H2,1H3. The molecule has 3 amide bonds. The van der Waals surface area contributed by atoms with E-state index >= 15 is 0 Å². The van der Waals surface area contributed by atoms with Crippen LogP contribution in [0.3, 0.4) is 0 Å². The van der Waals surface area contributed by atoms with Crippen molar-refractivity contribution in [2.45, 2.75) is 19.8 Å². The molecule has 2 aliphatic heterocycles. The zero-order valence-electron chi connectivity index (χ0n) is 14.6. The van der Waals surface area contributed by atoms with Gasteiger partial charge in [-0.2, -0.15) is 0 Å². The van der Waals surface area contributed by atoms with E-state index in [9.17, 15) is 14.4 Å². The van der Waals surface area contributed by atoms with Gasteiger partial charge in [0.05, 0.1) is 10.0 Å². The third-order valence-electron chi connectivity index (χ3n) is 4.97. The van der Waals surface area contributed by atoms with Crippen LogP contribution in [-0.4, -0.2) is 60.2 Å². The molecule has 0 aliphatic carbocycles. The van der Waals surface area contributed by atoms with E-state index in [0.717, 1.165) is 6.42 Å². The van der Waals surface area contributed by atoms with E-state index in [2.05, 4.69) is 0 Å². The first kappa shape index (κ1) is 19.0. The molecule has 0 N–H and O–H groups in total. The maximum absolute atomic E-state index is 12.9. The van der Waals surface area contributed by atoms with Crippen molar-refractivity contribution in [3.63, 3.8) is 0 Å². The number of carbonyl (C=O) groups is 3. The Hall–Kier alpha value is -1.79. The van der Waals surface area contributed by atoms with Crippen LogP contribution in [0.4, 0.5) is 5.69 Å². The van der Waals surface area contributed by atoms with Crippen LogP contribution >= 0.6 is 23.2 Å². The van der Waals surface area contributed by atoms with Crippen molar-refractivity contribution in [1.82, 2.24) is 9.80 Å². The minimum Gasteiger partial charge on any atom is -0.341 e. The average Bonchev–Trinajstić information content (AvgIpc) is 2.83. The minimum atomic E-state index is -0.673. The molecule has 0 spiro atoms. The van der Waals surface area contributed by atoms with Crippen molar-refractivity contribution in [2.24, 2.45) is 5.92 Å². The van der Waals surface area contributed by atoms with Gasteiger partial charge in [0.1, 0.15) is 5.92 Å². The Kier molecular flexibility index (Phi) is 5.73. The summed E-state index contributed by atoms with van der Waals surface area (Å²) in [6, 6.07) is 5.02. The average molecular weight is 398 g/mol. The van der Waals surface area contributed by atoms with E-state index in [1.807, 2.05) is 0 Å². The highest BCUT2D eigenvalue weighted by Gasteiger charge is 2.40. The third-order valence-corrected chi connectivity index (χ3v) is 5.71. The highest BCUT2D eigenvalue weighted by Crippen LogP contribution is 2.31. The van der Waals surface area contributed by atoms with Crippen LogP contribution in [0.5, 0.6) is 0 Å². The van der Waals surface area contributed by atoms with Crippen molar-refractivity contribution in [2.75, 3.05) is 37.6 Å². The molecule has 0 radical (unpaired) electrons. The highest BCUT2D eigenvalue weighted by molar-refractivity contribution is 6.42. The molecular weight excluding hydrogens is 377 g/mol. The van der Waals surface area contributed by atoms with Gasteiger partial charge in [-0.15, -0.1) is 0 Å². The van der Waals surface area contributed by atoms with Gasteiger partial charge in [-0.25, -0.2) is 0 Å². The molecular formula is C18H21Cl2N3O3. The fraction of sp³-hybridized carbons (Fsp3) is 0.500. The van der Waals surface area contributed by atoms with Crippen LogP contribution in [0.25, 0.3) is 0 Å². The molecule has 0 aromatic heterocycles. The van der Waals surface area contributed by atoms with Gasteiger partial charge >= 0.3 is 0 Å². The lowest BCUT2D eigenvalue weighted by Crippen LogP contribution is -2.42. The maximum atomic E-state index is 12.9. The molecule has 26 heavy (non-hydrogen) atoms. The summed E-state index contributed by atoms with van der Waals surface area (Å²) in [6.07, 6.45) is 1.20. The number of benzene rings is 1. The van der Waals surface area contributed by atoms with Gasteiger partial charge in [-0.05, 0) is 31.0 Å². The van der Waals surface area contributed by atoms with Crippen molar-refractivity contribution in [3.8, 4) is 0 Å². The number of anilines is 1. The molecule has 1 aromatic carbocycles.